The summed E-state index contributed by atoms with van der Waals surface area (Å²) in [6.07, 6.45) is 3.76. The molecule has 2 atom stereocenters. The summed E-state index contributed by atoms with van der Waals surface area (Å²) in [5, 5.41) is 5.63. The quantitative estimate of drug-likeness (QED) is 0.621. The minimum atomic E-state index is -0.0166. The van der Waals surface area contributed by atoms with Gasteiger partial charge in [0.05, 0.1) is 0 Å². The second-order valence-corrected chi connectivity index (χ2v) is 5.36. The van der Waals surface area contributed by atoms with Gasteiger partial charge in [0, 0.05) is 31.0 Å². The molecule has 1 aliphatic carbocycles. The minimum Gasteiger partial charge on any atom is -0.354 e. The highest BCUT2D eigenvalue weighted by Gasteiger charge is 2.24. The van der Waals surface area contributed by atoms with Gasteiger partial charge in [0.2, 0.25) is 11.8 Å². The summed E-state index contributed by atoms with van der Waals surface area (Å²) in [5.74, 6) is 0.125. The third kappa shape index (κ3) is 5.04. The van der Waals surface area contributed by atoms with Crippen LogP contribution in [-0.4, -0.2) is 30.9 Å². The molecule has 2 amide bonds. The van der Waals surface area contributed by atoms with Crippen molar-refractivity contribution in [3.8, 4) is 0 Å². The maximum absolute atomic E-state index is 11.8. The molecule has 0 aromatic carbocycles. The zero-order valence-corrected chi connectivity index (χ0v) is 11.4. The van der Waals surface area contributed by atoms with Crippen LogP contribution in [0.3, 0.4) is 0 Å². The van der Waals surface area contributed by atoms with E-state index in [9.17, 15) is 9.59 Å². The monoisotopic (exact) mass is 255 g/mol. The number of nitrogens with one attached hydrogen (secondary N) is 2. The lowest BCUT2D eigenvalue weighted by molar-refractivity contribution is -0.127. The SMILES string of the molecule is CC(C)C(=O)NCCNC(=O)C1CCCC(N)C1. The Bertz CT molecular complexity index is 292. The molecule has 0 aromatic heterocycles. The van der Waals surface area contributed by atoms with E-state index in [1.54, 1.807) is 0 Å². The van der Waals surface area contributed by atoms with E-state index < -0.39 is 0 Å². The smallest absolute Gasteiger partial charge is 0.223 e. The van der Waals surface area contributed by atoms with Crippen LogP contribution >= 0.6 is 0 Å². The van der Waals surface area contributed by atoms with Crippen molar-refractivity contribution in [3.63, 3.8) is 0 Å². The van der Waals surface area contributed by atoms with E-state index in [2.05, 4.69) is 10.6 Å². The van der Waals surface area contributed by atoms with Gasteiger partial charge in [-0.2, -0.15) is 0 Å². The summed E-state index contributed by atoms with van der Waals surface area (Å²) in [7, 11) is 0. The molecule has 0 heterocycles. The maximum atomic E-state index is 11.8. The zero-order chi connectivity index (χ0) is 13.5. The van der Waals surface area contributed by atoms with Gasteiger partial charge in [-0.05, 0) is 19.3 Å². The Kier molecular flexibility index (Phi) is 6.12. The van der Waals surface area contributed by atoms with Crippen LogP contribution in [0, 0.1) is 11.8 Å². The Morgan fingerprint density at radius 2 is 1.89 bits per heavy atom. The number of nitrogens with two attached hydrogens (primary N) is 1. The van der Waals surface area contributed by atoms with Crippen LogP contribution in [0.2, 0.25) is 0 Å². The fourth-order valence-corrected chi connectivity index (χ4v) is 2.19. The van der Waals surface area contributed by atoms with Gasteiger partial charge in [-0.15, -0.1) is 0 Å². The summed E-state index contributed by atoms with van der Waals surface area (Å²) in [6, 6.07) is 0.162. The average Bonchev–Trinajstić information content (AvgIpc) is 2.33. The first-order valence-corrected chi connectivity index (χ1v) is 6.81. The van der Waals surface area contributed by atoms with Crippen LogP contribution in [0.5, 0.6) is 0 Å². The topological polar surface area (TPSA) is 84.2 Å². The third-order valence-corrected chi connectivity index (χ3v) is 3.33. The van der Waals surface area contributed by atoms with Gasteiger partial charge >= 0.3 is 0 Å². The fraction of sp³-hybridized carbons (Fsp3) is 0.846. The molecule has 0 aromatic rings. The highest BCUT2D eigenvalue weighted by Crippen LogP contribution is 2.22. The van der Waals surface area contributed by atoms with E-state index in [4.69, 9.17) is 5.73 Å². The van der Waals surface area contributed by atoms with Gasteiger partial charge in [-0.3, -0.25) is 9.59 Å². The molecule has 0 spiro atoms. The summed E-state index contributed by atoms with van der Waals surface area (Å²) in [5.41, 5.74) is 5.85. The lowest BCUT2D eigenvalue weighted by Gasteiger charge is -2.25. The number of rotatable bonds is 5. The molecular formula is C13H25N3O2. The summed E-state index contributed by atoms with van der Waals surface area (Å²) in [6.45, 7) is 4.67. The number of amides is 2. The first kappa shape index (κ1) is 15.0. The molecule has 4 N–H and O–H groups in total. The third-order valence-electron chi connectivity index (χ3n) is 3.33. The van der Waals surface area contributed by atoms with E-state index in [0.717, 1.165) is 25.7 Å². The van der Waals surface area contributed by atoms with Gasteiger partial charge in [0.1, 0.15) is 0 Å². The van der Waals surface area contributed by atoms with Gasteiger partial charge < -0.3 is 16.4 Å². The Hall–Kier alpha value is -1.10. The summed E-state index contributed by atoms with van der Waals surface area (Å²) < 4.78 is 0. The van der Waals surface area contributed by atoms with Crippen LogP contribution in [0.1, 0.15) is 39.5 Å². The molecule has 0 bridgehead atoms. The van der Waals surface area contributed by atoms with Crippen molar-refractivity contribution < 1.29 is 9.59 Å². The molecule has 18 heavy (non-hydrogen) atoms. The summed E-state index contributed by atoms with van der Waals surface area (Å²) >= 11 is 0. The van der Waals surface area contributed by atoms with Crippen molar-refractivity contribution in [2.24, 2.45) is 17.6 Å². The van der Waals surface area contributed by atoms with Crippen LogP contribution < -0.4 is 16.4 Å². The molecule has 0 radical (unpaired) electrons. The Morgan fingerprint density at radius 3 is 2.50 bits per heavy atom. The highest BCUT2D eigenvalue weighted by molar-refractivity contribution is 5.79. The Morgan fingerprint density at radius 1 is 1.22 bits per heavy atom. The van der Waals surface area contributed by atoms with E-state index in [-0.39, 0.29) is 29.7 Å². The van der Waals surface area contributed by atoms with Crippen LogP contribution in [-0.2, 0) is 9.59 Å². The first-order chi connectivity index (χ1) is 8.50. The second-order valence-electron chi connectivity index (χ2n) is 5.36. The van der Waals surface area contributed by atoms with Crippen molar-refractivity contribution in [2.45, 2.75) is 45.6 Å². The summed E-state index contributed by atoms with van der Waals surface area (Å²) in [4.78, 5) is 23.1. The Balaban J connectivity index is 2.15. The molecule has 104 valence electrons. The van der Waals surface area contributed by atoms with Crippen molar-refractivity contribution >= 4 is 11.8 Å². The van der Waals surface area contributed by atoms with E-state index in [1.807, 2.05) is 13.8 Å². The van der Waals surface area contributed by atoms with E-state index in [0.29, 0.717) is 13.1 Å². The predicted octanol–water partition coefficient (Wildman–Crippen LogP) is 0.392. The fourth-order valence-electron chi connectivity index (χ4n) is 2.19. The molecule has 2 unspecified atom stereocenters. The first-order valence-electron chi connectivity index (χ1n) is 6.81. The van der Waals surface area contributed by atoms with Gasteiger partial charge in [0.15, 0.2) is 0 Å². The lowest BCUT2D eigenvalue weighted by atomic mass is 9.85. The maximum Gasteiger partial charge on any atom is 0.223 e. The van der Waals surface area contributed by atoms with E-state index in [1.165, 1.54) is 0 Å². The molecule has 1 rings (SSSR count). The van der Waals surface area contributed by atoms with Crippen molar-refractivity contribution in [2.75, 3.05) is 13.1 Å². The molecular weight excluding hydrogens is 230 g/mol. The predicted molar refractivity (Wildman–Crippen MR) is 70.8 cm³/mol. The molecule has 1 fully saturated rings. The number of carbonyl (C=O) groups is 2. The normalized spacial score (nSPS) is 23.8. The molecule has 1 saturated carbocycles. The largest absolute Gasteiger partial charge is 0.354 e. The number of hydrogen-bond acceptors (Lipinski definition) is 3. The van der Waals surface area contributed by atoms with Crippen LogP contribution in [0.4, 0.5) is 0 Å². The standard InChI is InChI=1S/C13H25N3O2/c1-9(2)12(17)15-6-7-16-13(18)10-4-3-5-11(14)8-10/h9-11H,3-8,14H2,1-2H3,(H,15,17)(H,16,18). The van der Waals surface area contributed by atoms with E-state index >= 15 is 0 Å². The highest BCUT2D eigenvalue weighted by atomic mass is 16.2. The zero-order valence-electron chi connectivity index (χ0n) is 11.4. The van der Waals surface area contributed by atoms with Crippen LogP contribution in [0.25, 0.3) is 0 Å². The van der Waals surface area contributed by atoms with Crippen molar-refractivity contribution in [1.82, 2.24) is 10.6 Å². The molecule has 0 saturated heterocycles. The molecule has 5 nitrogen and oxygen atoms in total. The van der Waals surface area contributed by atoms with Gasteiger partial charge in [-0.1, -0.05) is 20.3 Å². The van der Waals surface area contributed by atoms with Gasteiger partial charge in [0.25, 0.3) is 0 Å². The van der Waals surface area contributed by atoms with Gasteiger partial charge in [-0.25, -0.2) is 0 Å². The van der Waals surface area contributed by atoms with Crippen LogP contribution in [0.15, 0.2) is 0 Å². The average molecular weight is 255 g/mol. The minimum absolute atomic E-state index is 0.0166. The number of hydrogen-bond donors (Lipinski definition) is 3. The molecule has 0 aliphatic heterocycles. The van der Waals surface area contributed by atoms with Crippen molar-refractivity contribution in [3.05, 3.63) is 0 Å². The Labute approximate surface area is 109 Å². The second kappa shape index (κ2) is 7.36. The van der Waals surface area contributed by atoms with Crippen molar-refractivity contribution in [1.29, 1.82) is 0 Å². The molecule has 1 aliphatic rings. The lowest BCUT2D eigenvalue weighted by Crippen LogP contribution is -2.41. The molecule has 5 heteroatoms. The number of carbonyl (C=O) groups excluding carboxylic acids is 2.